The van der Waals surface area contributed by atoms with Crippen LogP contribution in [0.25, 0.3) is 0 Å². The fourth-order valence-electron chi connectivity index (χ4n) is 1.32. The highest BCUT2D eigenvalue weighted by molar-refractivity contribution is 9.10. The third-order valence-electron chi connectivity index (χ3n) is 2.40. The molecular weight excluding hydrogens is 275 g/mol. The molecule has 1 fully saturated rings. The number of hydrogen-bond donors (Lipinski definition) is 1. The molecule has 0 aliphatic heterocycles. The Hall–Kier alpha value is -0.680. The van der Waals surface area contributed by atoms with Gasteiger partial charge in [0.15, 0.2) is 11.6 Å². The summed E-state index contributed by atoms with van der Waals surface area (Å²) in [5.41, 5.74) is 0. The molecule has 5 heteroatoms. The van der Waals surface area contributed by atoms with Gasteiger partial charge in [-0.1, -0.05) is 0 Å². The smallest absolute Gasteiger partial charge is 0.166 e. The average Bonchev–Trinajstić information content (AvgIpc) is 3.04. The lowest BCUT2D eigenvalue weighted by molar-refractivity contribution is 0.134. The number of ether oxygens (including phenoxy) is 1. The van der Waals surface area contributed by atoms with Crippen molar-refractivity contribution in [3.05, 3.63) is 22.6 Å². The predicted octanol–water partition coefficient (Wildman–Crippen LogP) is 2.82. The number of aromatic nitrogens is 1. The number of pyridine rings is 1. The number of nitrogens with zero attached hydrogens (tertiary/aromatic N) is 1. The zero-order valence-corrected chi connectivity index (χ0v) is 10.5. The van der Waals surface area contributed by atoms with Crippen LogP contribution in [0.15, 0.2) is 16.7 Å². The number of rotatable bonds is 6. The molecule has 1 saturated carbocycles. The zero-order chi connectivity index (χ0) is 11.4. The normalized spacial score (nSPS) is 15.1. The van der Waals surface area contributed by atoms with Gasteiger partial charge in [-0.15, -0.1) is 0 Å². The van der Waals surface area contributed by atoms with Crippen LogP contribution >= 0.6 is 15.9 Å². The van der Waals surface area contributed by atoms with Crippen molar-refractivity contribution in [2.45, 2.75) is 12.8 Å². The van der Waals surface area contributed by atoms with E-state index in [0.29, 0.717) is 17.6 Å². The first-order valence-corrected chi connectivity index (χ1v) is 6.17. The van der Waals surface area contributed by atoms with E-state index in [4.69, 9.17) is 4.74 Å². The Morgan fingerprint density at radius 1 is 1.56 bits per heavy atom. The molecule has 1 heterocycles. The minimum absolute atomic E-state index is 0.276. The van der Waals surface area contributed by atoms with E-state index >= 15 is 0 Å². The molecule has 0 radical (unpaired) electrons. The van der Waals surface area contributed by atoms with Gasteiger partial charge in [-0.05, 0) is 40.8 Å². The average molecular weight is 289 g/mol. The summed E-state index contributed by atoms with van der Waals surface area (Å²) in [5, 5.41) is 2.90. The Morgan fingerprint density at radius 2 is 2.38 bits per heavy atom. The molecule has 1 aromatic rings. The lowest BCUT2D eigenvalue weighted by Gasteiger charge is -2.07. The molecule has 1 aromatic heterocycles. The van der Waals surface area contributed by atoms with Gasteiger partial charge in [0.25, 0.3) is 0 Å². The summed E-state index contributed by atoms with van der Waals surface area (Å²) in [6.07, 6.45) is 4.14. The van der Waals surface area contributed by atoms with Crippen LogP contribution < -0.4 is 5.32 Å². The van der Waals surface area contributed by atoms with Crippen molar-refractivity contribution < 1.29 is 9.13 Å². The van der Waals surface area contributed by atoms with Crippen LogP contribution in [0.2, 0.25) is 0 Å². The summed E-state index contributed by atoms with van der Waals surface area (Å²) in [6.45, 7) is 2.00. The Balaban J connectivity index is 1.67. The van der Waals surface area contributed by atoms with E-state index in [0.717, 1.165) is 12.5 Å². The Labute approximate surface area is 103 Å². The predicted molar refractivity (Wildman–Crippen MR) is 63.9 cm³/mol. The van der Waals surface area contributed by atoms with E-state index in [1.165, 1.54) is 18.9 Å². The minimum atomic E-state index is -0.350. The van der Waals surface area contributed by atoms with Crippen molar-refractivity contribution in [2.24, 2.45) is 5.92 Å². The molecule has 0 saturated heterocycles. The number of anilines is 1. The second kappa shape index (κ2) is 5.59. The summed E-state index contributed by atoms with van der Waals surface area (Å²) in [5.74, 6) is 0.692. The molecule has 2 rings (SSSR count). The summed E-state index contributed by atoms with van der Waals surface area (Å²) in [7, 11) is 0. The van der Waals surface area contributed by atoms with Gasteiger partial charge in [0, 0.05) is 23.8 Å². The van der Waals surface area contributed by atoms with Gasteiger partial charge in [0.2, 0.25) is 0 Å². The van der Waals surface area contributed by atoms with Crippen molar-refractivity contribution in [1.29, 1.82) is 0 Å². The van der Waals surface area contributed by atoms with Crippen LogP contribution in [0.5, 0.6) is 0 Å². The summed E-state index contributed by atoms with van der Waals surface area (Å²) in [6, 6.07) is 1.39. The van der Waals surface area contributed by atoms with Crippen LogP contribution in [-0.4, -0.2) is 24.7 Å². The minimum Gasteiger partial charge on any atom is -0.379 e. The van der Waals surface area contributed by atoms with E-state index in [1.54, 1.807) is 6.20 Å². The highest BCUT2D eigenvalue weighted by Crippen LogP contribution is 2.28. The van der Waals surface area contributed by atoms with E-state index in [1.807, 2.05) is 0 Å². The first kappa shape index (κ1) is 11.8. The lowest BCUT2D eigenvalue weighted by Crippen LogP contribution is -2.12. The molecule has 1 aliphatic rings. The molecule has 0 amide bonds. The SMILES string of the molecule is Fc1cc(Br)cnc1NCCOCC1CC1. The van der Waals surface area contributed by atoms with Gasteiger partial charge in [-0.25, -0.2) is 9.37 Å². The maximum absolute atomic E-state index is 13.3. The lowest BCUT2D eigenvalue weighted by atomic mass is 10.4. The van der Waals surface area contributed by atoms with Crippen LogP contribution in [0.3, 0.4) is 0 Å². The van der Waals surface area contributed by atoms with Crippen molar-refractivity contribution in [3.8, 4) is 0 Å². The van der Waals surface area contributed by atoms with E-state index in [9.17, 15) is 4.39 Å². The highest BCUT2D eigenvalue weighted by atomic mass is 79.9. The first-order valence-electron chi connectivity index (χ1n) is 5.38. The number of hydrogen-bond acceptors (Lipinski definition) is 3. The van der Waals surface area contributed by atoms with Crippen molar-refractivity contribution >= 4 is 21.7 Å². The zero-order valence-electron chi connectivity index (χ0n) is 8.88. The Morgan fingerprint density at radius 3 is 3.06 bits per heavy atom. The molecule has 16 heavy (non-hydrogen) atoms. The van der Waals surface area contributed by atoms with E-state index in [-0.39, 0.29) is 11.6 Å². The molecule has 0 aromatic carbocycles. The standard InChI is InChI=1S/C11H14BrFN2O/c12-9-5-10(13)11(15-6-9)14-3-4-16-7-8-1-2-8/h5-6,8H,1-4,7H2,(H,14,15). The molecule has 0 spiro atoms. The largest absolute Gasteiger partial charge is 0.379 e. The Bertz CT molecular complexity index is 358. The van der Waals surface area contributed by atoms with Crippen LogP contribution in [-0.2, 0) is 4.74 Å². The summed E-state index contributed by atoms with van der Waals surface area (Å²) in [4.78, 5) is 3.93. The Kier molecular flexibility index (Phi) is 4.12. The maximum atomic E-state index is 13.3. The van der Waals surface area contributed by atoms with Gasteiger partial charge in [0.05, 0.1) is 6.61 Å². The molecule has 0 atom stereocenters. The van der Waals surface area contributed by atoms with Gasteiger partial charge in [0.1, 0.15) is 0 Å². The molecule has 88 valence electrons. The highest BCUT2D eigenvalue weighted by Gasteiger charge is 2.20. The first-order chi connectivity index (χ1) is 7.75. The van der Waals surface area contributed by atoms with Crippen LogP contribution in [0.4, 0.5) is 10.2 Å². The van der Waals surface area contributed by atoms with Crippen molar-refractivity contribution in [1.82, 2.24) is 4.98 Å². The summed E-state index contributed by atoms with van der Waals surface area (Å²) >= 11 is 3.16. The maximum Gasteiger partial charge on any atom is 0.166 e. The molecule has 1 N–H and O–H groups in total. The second-order valence-corrected chi connectivity index (χ2v) is 4.84. The van der Waals surface area contributed by atoms with Gasteiger partial charge in [-0.3, -0.25) is 0 Å². The van der Waals surface area contributed by atoms with E-state index < -0.39 is 0 Å². The molecular formula is C11H14BrFN2O. The van der Waals surface area contributed by atoms with Crippen LogP contribution in [0, 0.1) is 11.7 Å². The van der Waals surface area contributed by atoms with E-state index in [2.05, 4.69) is 26.2 Å². The van der Waals surface area contributed by atoms with Gasteiger partial charge >= 0.3 is 0 Å². The topological polar surface area (TPSA) is 34.2 Å². The molecule has 0 unspecified atom stereocenters. The third-order valence-corrected chi connectivity index (χ3v) is 2.83. The fourth-order valence-corrected chi connectivity index (χ4v) is 1.62. The molecule has 3 nitrogen and oxygen atoms in total. The second-order valence-electron chi connectivity index (χ2n) is 3.93. The number of nitrogens with one attached hydrogen (secondary N) is 1. The van der Waals surface area contributed by atoms with Crippen LogP contribution in [0.1, 0.15) is 12.8 Å². The molecule has 0 bridgehead atoms. The van der Waals surface area contributed by atoms with Crippen molar-refractivity contribution in [2.75, 3.05) is 25.1 Å². The van der Waals surface area contributed by atoms with Gasteiger partial charge < -0.3 is 10.1 Å². The quantitative estimate of drug-likeness (QED) is 0.818. The molecule has 1 aliphatic carbocycles. The van der Waals surface area contributed by atoms with Gasteiger partial charge in [-0.2, -0.15) is 0 Å². The summed E-state index contributed by atoms with van der Waals surface area (Å²) < 4.78 is 19.4. The van der Waals surface area contributed by atoms with Crippen molar-refractivity contribution in [3.63, 3.8) is 0 Å². The fraction of sp³-hybridized carbons (Fsp3) is 0.545. The third kappa shape index (κ3) is 3.72. The monoisotopic (exact) mass is 288 g/mol. The number of halogens is 2.